The van der Waals surface area contributed by atoms with E-state index in [1.807, 2.05) is 11.8 Å². The van der Waals surface area contributed by atoms with Gasteiger partial charge in [0.2, 0.25) is 0 Å². The maximum absolute atomic E-state index is 12.2. The summed E-state index contributed by atoms with van der Waals surface area (Å²) >= 11 is 0. The Balaban J connectivity index is 2.62. The number of hydrogen-bond donors (Lipinski definition) is 0. The average Bonchev–Trinajstić information content (AvgIpc) is 2.44. The van der Waals surface area contributed by atoms with E-state index in [2.05, 4.69) is 4.74 Å². The third-order valence-electron chi connectivity index (χ3n) is 2.85. The minimum absolute atomic E-state index is 0.259. The van der Waals surface area contributed by atoms with Crippen molar-refractivity contribution in [2.24, 2.45) is 0 Å². The van der Waals surface area contributed by atoms with Crippen LogP contribution in [0, 0.1) is 0 Å². The fourth-order valence-corrected chi connectivity index (χ4v) is 2.26. The van der Waals surface area contributed by atoms with Crippen molar-refractivity contribution in [3.8, 4) is 0 Å². The van der Waals surface area contributed by atoms with Crippen LogP contribution in [0.2, 0.25) is 0 Å². The molecular formula is C10H18F3NO2. The molecule has 0 spiro atoms. The molecule has 0 amide bonds. The highest BCUT2D eigenvalue weighted by atomic mass is 19.4. The summed E-state index contributed by atoms with van der Waals surface area (Å²) in [5, 5.41) is 0. The molecule has 16 heavy (non-hydrogen) atoms. The van der Waals surface area contributed by atoms with Crippen molar-refractivity contribution in [2.75, 3.05) is 20.2 Å². The molecule has 0 unspecified atom stereocenters. The lowest BCUT2D eigenvalue weighted by molar-refractivity contribution is -0.346. The van der Waals surface area contributed by atoms with Gasteiger partial charge in [-0.25, -0.2) is 0 Å². The van der Waals surface area contributed by atoms with Gasteiger partial charge in [0, 0.05) is 13.2 Å². The topological polar surface area (TPSA) is 21.7 Å². The van der Waals surface area contributed by atoms with E-state index in [0.29, 0.717) is 19.6 Å². The summed E-state index contributed by atoms with van der Waals surface area (Å²) in [6.45, 7) is 4.70. The van der Waals surface area contributed by atoms with Crippen LogP contribution in [0.4, 0.5) is 13.2 Å². The summed E-state index contributed by atoms with van der Waals surface area (Å²) in [5.41, 5.74) is 0. The predicted molar refractivity (Wildman–Crippen MR) is 53.1 cm³/mol. The van der Waals surface area contributed by atoms with E-state index in [0.717, 1.165) is 0 Å². The minimum Gasteiger partial charge on any atom is -0.377 e. The van der Waals surface area contributed by atoms with Crippen LogP contribution in [-0.2, 0) is 9.47 Å². The standard InChI is InChI=1S/C10H18F3NO2/c1-4-15-7(2)9-8(5-6-14(9)3)16-10(11,12)13/h7-9H,4-6H2,1-3H3/t7-,8-,9+/m0/s1. The Kier molecular flexibility index (Phi) is 4.58. The second-order valence-electron chi connectivity index (χ2n) is 4.02. The zero-order valence-electron chi connectivity index (χ0n) is 9.75. The summed E-state index contributed by atoms with van der Waals surface area (Å²) in [4.78, 5) is 1.86. The molecule has 6 heteroatoms. The molecule has 3 atom stereocenters. The number of ether oxygens (including phenoxy) is 2. The van der Waals surface area contributed by atoms with Gasteiger partial charge in [-0.05, 0) is 27.3 Å². The molecule has 1 aliphatic rings. The highest BCUT2D eigenvalue weighted by Crippen LogP contribution is 2.29. The van der Waals surface area contributed by atoms with E-state index in [-0.39, 0.29) is 12.1 Å². The number of rotatable bonds is 4. The zero-order chi connectivity index (χ0) is 12.3. The van der Waals surface area contributed by atoms with Crippen LogP contribution < -0.4 is 0 Å². The second-order valence-corrected chi connectivity index (χ2v) is 4.02. The van der Waals surface area contributed by atoms with Crippen molar-refractivity contribution in [3.63, 3.8) is 0 Å². The number of halogens is 3. The predicted octanol–water partition coefficient (Wildman–Crippen LogP) is 2.02. The highest BCUT2D eigenvalue weighted by Gasteiger charge is 2.43. The molecule has 1 rings (SSSR count). The van der Waals surface area contributed by atoms with Gasteiger partial charge in [-0.2, -0.15) is 0 Å². The summed E-state index contributed by atoms with van der Waals surface area (Å²) in [6.07, 6.45) is -5.27. The van der Waals surface area contributed by atoms with E-state index in [1.165, 1.54) is 0 Å². The monoisotopic (exact) mass is 241 g/mol. The Morgan fingerprint density at radius 2 is 2.06 bits per heavy atom. The van der Waals surface area contributed by atoms with E-state index in [9.17, 15) is 13.2 Å². The SMILES string of the molecule is CCO[C@@H](C)[C@@H]1[C@@H](OC(F)(F)F)CCN1C. The number of likely N-dealkylation sites (tertiary alicyclic amines) is 1. The van der Waals surface area contributed by atoms with Crippen molar-refractivity contribution in [1.29, 1.82) is 0 Å². The number of hydrogen-bond acceptors (Lipinski definition) is 3. The van der Waals surface area contributed by atoms with E-state index in [4.69, 9.17) is 4.74 Å². The average molecular weight is 241 g/mol. The van der Waals surface area contributed by atoms with E-state index in [1.54, 1.807) is 14.0 Å². The van der Waals surface area contributed by atoms with Crippen LogP contribution in [0.5, 0.6) is 0 Å². The molecule has 0 aromatic heterocycles. The van der Waals surface area contributed by atoms with Crippen LogP contribution >= 0.6 is 0 Å². The molecule has 1 heterocycles. The smallest absolute Gasteiger partial charge is 0.377 e. The van der Waals surface area contributed by atoms with Gasteiger partial charge in [-0.3, -0.25) is 9.64 Å². The largest absolute Gasteiger partial charge is 0.522 e. The van der Waals surface area contributed by atoms with Crippen molar-refractivity contribution in [2.45, 2.75) is 44.9 Å². The Bertz CT molecular complexity index is 223. The molecule has 0 bridgehead atoms. The van der Waals surface area contributed by atoms with E-state index < -0.39 is 12.5 Å². The van der Waals surface area contributed by atoms with Crippen LogP contribution in [0.1, 0.15) is 20.3 Å². The zero-order valence-corrected chi connectivity index (χ0v) is 9.75. The summed E-state index contributed by atoms with van der Waals surface area (Å²) in [6, 6.07) is -0.332. The van der Waals surface area contributed by atoms with Crippen LogP contribution in [-0.4, -0.2) is 49.7 Å². The van der Waals surface area contributed by atoms with Crippen molar-refractivity contribution >= 4 is 0 Å². The first kappa shape index (κ1) is 13.7. The molecule has 0 saturated carbocycles. The third kappa shape index (κ3) is 3.61. The molecule has 1 aliphatic heterocycles. The Morgan fingerprint density at radius 1 is 1.44 bits per heavy atom. The fraction of sp³-hybridized carbons (Fsp3) is 1.00. The van der Waals surface area contributed by atoms with Gasteiger partial charge >= 0.3 is 6.36 Å². The van der Waals surface area contributed by atoms with Crippen LogP contribution in [0.25, 0.3) is 0 Å². The van der Waals surface area contributed by atoms with Gasteiger partial charge < -0.3 is 4.74 Å². The summed E-state index contributed by atoms with van der Waals surface area (Å²) < 4.78 is 46.0. The maximum Gasteiger partial charge on any atom is 0.522 e. The maximum atomic E-state index is 12.2. The quantitative estimate of drug-likeness (QED) is 0.751. The van der Waals surface area contributed by atoms with Crippen molar-refractivity contribution < 1.29 is 22.6 Å². The van der Waals surface area contributed by atoms with E-state index >= 15 is 0 Å². The molecule has 0 N–H and O–H groups in total. The molecular weight excluding hydrogens is 223 g/mol. The molecule has 1 fully saturated rings. The molecule has 0 radical (unpaired) electrons. The Morgan fingerprint density at radius 3 is 2.56 bits per heavy atom. The molecule has 0 aromatic carbocycles. The highest BCUT2D eigenvalue weighted by molar-refractivity contribution is 4.90. The Hall–Kier alpha value is -0.330. The normalized spacial score (nSPS) is 29.6. The van der Waals surface area contributed by atoms with Crippen molar-refractivity contribution in [3.05, 3.63) is 0 Å². The van der Waals surface area contributed by atoms with Gasteiger partial charge in [-0.15, -0.1) is 13.2 Å². The number of likely N-dealkylation sites (N-methyl/N-ethyl adjacent to an activating group) is 1. The Labute approximate surface area is 93.5 Å². The molecule has 0 aromatic rings. The third-order valence-corrected chi connectivity index (χ3v) is 2.85. The lowest BCUT2D eigenvalue weighted by Crippen LogP contribution is -2.45. The first-order chi connectivity index (χ1) is 7.35. The van der Waals surface area contributed by atoms with Gasteiger partial charge in [0.15, 0.2) is 0 Å². The molecule has 3 nitrogen and oxygen atoms in total. The van der Waals surface area contributed by atoms with Gasteiger partial charge in [0.25, 0.3) is 0 Å². The van der Waals surface area contributed by atoms with Gasteiger partial charge in [0.1, 0.15) is 0 Å². The summed E-state index contributed by atoms with van der Waals surface area (Å²) in [5.74, 6) is 0. The number of nitrogens with zero attached hydrogens (tertiary/aromatic N) is 1. The van der Waals surface area contributed by atoms with Crippen LogP contribution in [0.15, 0.2) is 0 Å². The summed E-state index contributed by atoms with van der Waals surface area (Å²) in [7, 11) is 1.79. The number of alkyl halides is 3. The second kappa shape index (κ2) is 5.33. The first-order valence-corrected chi connectivity index (χ1v) is 5.41. The lowest BCUT2D eigenvalue weighted by atomic mass is 10.1. The van der Waals surface area contributed by atoms with Crippen LogP contribution in [0.3, 0.4) is 0 Å². The van der Waals surface area contributed by atoms with Gasteiger partial charge in [0.05, 0.1) is 18.2 Å². The fourth-order valence-electron chi connectivity index (χ4n) is 2.26. The molecule has 0 aliphatic carbocycles. The first-order valence-electron chi connectivity index (χ1n) is 5.41. The minimum atomic E-state index is -4.57. The molecule has 96 valence electrons. The van der Waals surface area contributed by atoms with Crippen molar-refractivity contribution in [1.82, 2.24) is 4.90 Å². The van der Waals surface area contributed by atoms with Gasteiger partial charge in [-0.1, -0.05) is 0 Å². The lowest BCUT2D eigenvalue weighted by Gasteiger charge is -2.30. The molecule has 1 saturated heterocycles.